The molecule has 0 rings (SSSR count). The zero-order valence-electron chi connectivity index (χ0n) is 12.4. The first kappa shape index (κ1) is 16.0. The zero-order valence-corrected chi connectivity index (χ0v) is 12.4. The van der Waals surface area contributed by atoms with E-state index >= 15 is 0 Å². The lowest BCUT2D eigenvalue weighted by atomic mass is 9.96. The van der Waals surface area contributed by atoms with Gasteiger partial charge in [-0.1, -0.05) is 0 Å². The summed E-state index contributed by atoms with van der Waals surface area (Å²) in [4.78, 5) is 11.9. The molecule has 3 nitrogen and oxygen atoms in total. The van der Waals surface area contributed by atoms with Crippen molar-refractivity contribution in [2.45, 2.75) is 67.1 Å². The molecule has 3 heteroatoms. The second-order valence-electron chi connectivity index (χ2n) is 5.97. The van der Waals surface area contributed by atoms with Crippen molar-refractivity contribution in [2.24, 2.45) is 5.41 Å². The molecule has 0 fully saturated rings. The lowest BCUT2D eigenvalue weighted by Crippen LogP contribution is -2.37. The van der Waals surface area contributed by atoms with Gasteiger partial charge >= 0.3 is 5.97 Å². The Morgan fingerprint density at radius 3 is 1.88 bits per heavy atom. The first-order valence-electron chi connectivity index (χ1n) is 6.07. The van der Waals surface area contributed by atoms with Crippen LogP contribution in [0.2, 0.25) is 0 Å². The molecule has 0 N–H and O–H groups in total. The summed E-state index contributed by atoms with van der Waals surface area (Å²) in [6.45, 7) is 15.0. The molecule has 0 saturated heterocycles. The third-order valence-electron chi connectivity index (χ3n) is 2.18. The lowest BCUT2D eigenvalue weighted by Gasteiger charge is -2.32. The minimum absolute atomic E-state index is 0.0637. The molecule has 0 atom stereocenters. The van der Waals surface area contributed by atoms with E-state index in [1.807, 2.05) is 61.5 Å². The van der Waals surface area contributed by atoms with Crippen LogP contribution in [-0.2, 0) is 14.3 Å². The van der Waals surface area contributed by atoms with Crippen LogP contribution in [0.1, 0.15) is 55.4 Å². The van der Waals surface area contributed by atoms with Gasteiger partial charge in [-0.25, -0.2) is 0 Å². The summed E-state index contributed by atoms with van der Waals surface area (Å²) in [6, 6.07) is 0. The van der Waals surface area contributed by atoms with E-state index in [-0.39, 0.29) is 12.1 Å². The number of hydrogen-bond donors (Lipinski definition) is 0. The van der Waals surface area contributed by atoms with Crippen molar-refractivity contribution < 1.29 is 14.3 Å². The average molecular weight is 242 g/mol. The molecule has 0 aliphatic rings. The van der Waals surface area contributed by atoms with Gasteiger partial charge in [0.25, 0.3) is 0 Å². The molecule has 0 spiro atoms. The molecule has 0 aliphatic carbocycles. The molecule has 0 aromatic heterocycles. The number of carbonyl (C=O) groups excluding carboxylic acids is 1. The summed E-state index contributed by atoms with van der Waals surface area (Å²) < 4.78 is 11.2. The van der Waals surface area contributed by atoms with Crippen LogP contribution >= 0.6 is 0 Å². The van der Waals surface area contributed by atoms with Gasteiger partial charge < -0.3 is 9.47 Å². The van der Waals surface area contributed by atoms with E-state index in [9.17, 15) is 4.79 Å². The van der Waals surface area contributed by atoms with E-state index < -0.39 is 11.0 Å². The van der Waals surface area contributed by atoms with Crippen molar-refractivity contribution >= 4 is 5.97 Å². The summed E-state index contributed by atoms with van der Waals surface area (Å²) in [5, 5.41) is 0. The van der Waals surface area contributed by atoms with E-state index in [0.717, 1.165) is 0 Å². The maximum Gasteiger partial charge on any atom is 0.312 e. The molecule has 17 heavy (non-hydrogen) atoms. The number of ether oxygens (including phenoxy) is 2. The third kappa shape index (κ3) is 5.24. The molecule has 0 aliphatic heterocycles. The van der Waals surface area contributed by atoms with Crippen molar-refractivity contribution in [2.75, 3.05) is 0 Å². The predicted octanol–water partition coefficient (Wildman–Crippen LogP) is 3.68. The van der Waals surface area contributed by atoms with Crippen molar-refractivity contribution in [3.05, 3.63) is 11.8 Å². The van der Waals surface area contributed by atoms with Gasteiger partial charge in [0.15, 0.2) is 5.60 Å². The highest BCUT2D eigenvalue weighted by molar-refractivity contribution is 5.76. The van der Waals surface area contributed by atoms with Gasteiger partial charge in [0.2, 0.25) is 0 Å². The SMILES string of the molecule is C/C=C(/OC(C)C)C(C)(C)OC(=O)C(C)(C)C. The monoisotopic (exact) mass is 242 g/mol. The van der Waals surface area contributed by atoms with E-state index in [1.165, 1.54) is 0 Å². The minimum atomic E-state index is -0.733. The van der Waals surface area contributed by atoms with Gasteiger partial charge in [-0.15, -0.1) is 0 Å². The molecular weight excluding hydrogens is 216 g/mol. The molecule has 0 aromatic rings. The topological polar surface area (TPSA) is 35.5 Å². The molecule has 0 unspecified atom stereocenters. The van der Waals surface area contributed by atoms with Crippen LogP contribution < -0.4 is 0 Å². The number of rotatable bonds is 4. The third-order valence-corrected chi connectivity index (χ3v) is 2.18. The average Bonchev–Trinajstić information content (AvgIpc) is 2.11. The molecule has 0 saturated carbocycles. The number of carbonyl (C=O) groups is 1. The Labute approximate surface area is 105 Å². The molecular formula is C14H26O3. The maximum absolute atomic E-state index is 11.9. The van der Waals surface area contributed by atoms with Crippen molar-refractivity contribution in [3.63, 3.8) is 0 Å². The standard InChI is InChI=1S/C14H26O3/c1-9-11(16-10(2)3)14(7,8)17-12(15)13(4,5)6/h9-10H,1-8H3/b11-9+. The highest BCUT2D eigenvalue weighted by atomic mass is 16.6. The Morgan fingerprint density at radius 2 is 1.59 bits per heavy atom. The van der Waals surface area contributed by atoms with Crippen LogP contribution in [0.5, 0.6) is 0 Å². The second-order valence-corrected chi connectivity index (χ2v) is 5.97. The zero-order chi connectivity index (χ0) is 13.9. The van der Waals surface area contributed by atoms with Crippen LogP contribution in [0, 0.1) is 5.41 Å². The number of allylic oxidation sites excluding steroid dienone is 1. The van der Waals surface area contributed by atoms with Crippen LogP contribution in [0.4, 0.5) is 0 Å². The number of esters is 1. The summed E-state index contributed by atoms with van der Waals surface area (Å²) in [7, 11) is 0. The largest absolute Gasteiger partial charge is 0.491 e. The van der Waals surface area contributed by atoms with Crippen molar-refractivity contribution in [1.29, 1.82) is 0 Å². The maximum atomic E-state index is 11.9. The first-order valence-corrected chi connectivity index (χ1v) is 6.07. The fourth-order valence-electron chi connectivity index (χ4n) is 1.25. The lowest BCUT2D eigenvalue weighted by molar-refractivity contribution is -0.166. The Kier molecular flexibility index (Phi) is 5.24. The Hall–Kier alpha value is -0.990. The molecule has 100 valence electrons. The molecule has 0 heterocycles. The van der Waals surface area contributed by atoms with Gasteiger partial charge in [-0.05, 0) is 61.5 Å². The summed E-state index contributed by atoms with van der Waals surface area (Å²) in [5.41, 5.74) is -1.24. The van der Waals surface area contributed by atoms with Gasteiger partial charge in [0, 0.05) is 0 Å². The first-order chi connectivity index (χ1) is 7.50. The molecule has 0 bridgehead atoms. The molecule has 0 aromatic carbocycles. The fraction of sp³-hybridized carbons (Fsp3) is 0.786. The Morgan fingerprint density at radius 1 is 1.12 bits per heavy atom. The van der Waals surface area contributed by atoms with E-state index in [1.54, 1.807) is 0 Å². The Balaban J connectivity index is 4.83. The Bertz CT molecular complexity index is 293. The van der Waals surface area contributed by atoms with Crippen LogP contribution in [0.25, 0.3) is 0 Å². The van der Waals surface area contributed by atoms with Crippen molar-refractivity contribution in [1.82, 2.24) is 0 Å². The quantitative estimate of drug-likeness (QED) is 0.557. The number of hydrogen-bond acceptors (Lipinski definition) is 3. The van der Waals surface area contributed by atoms with Gasteiger partial charge in [-0.2, -0.15) is 0 Å². The van der Waals surface area contributed by atoms with E-state index in [2.05, 4.69) is 0 Å². The second kappa shape index (κ2) is 5.56. The van der Waals surface area contributed by atoms with Crippen LogP contribution in [0.15, 0.2) is 11.8 Å². The fourth-order valence-corrected chi connectivity index (χ4v) is 1.25. The van der Waals surface area contributed by atoms with Gasteiger partial charge in [0.05, 0.1) is 11.5 Å². The summed E-state index contributed by atoms with van der Waals surface area (Å²) in [6.07, 6.45) is 1.91. The smallest absolute Gasteiger partial charge is 0.312 e. The minimum Gasteiger partial charge on any atom is -0.491 e. The van der Waals surface area contributed by atoms with Gasteiger partial charge in [-0.3, -0.25) is 4.79 Å². The highest BCUT2D eigenvalue weighted by Gasteiger charge is 2.34. The van der Waals surface area contributed by atoms with Crippen molar-refractivity contribution in [3.8, 4) is 0 Å². The summed E-state index contributed by atoms with van der Waals surface area (Å²) >= 11 is 0. The normalized spacial score (nSPS) is 13.8. The van der Waals surface area contributed by atoms with E-state index in [0.29, 0.717) is 5.76 Å². The predicted molar refractivity (Wildman–Crippen MR) is 69.6 cm³/mol. The highest BCUT2D eigenvalue weighted by Crippen LogP contribution is 2.27. The van der Waals surface area contributed by atoms with Crippen LogP contribution in [0.3, 0.4) is 0 Å². The van der Waals surface area contributed by atoms with Gasteiger partial charge in [0.1, 0.15) is 5.76 Å². The van der Waals surface area contributed by atoms with Crippen LogP contribution in [-0.4, -0.2) is 17.7 Å². The summed E-state index contributed by atoms with van der Waals surface area (Å²) in [5.74, 6) is 0.458. The molecule has 0 amide bonds. The van der Waals surface area contributed by atoms with E-state index in [4.69, 9.17) is 9.47 Å². The molecule has 0 radical (unpaired) electrons.